The standard InChI is InChI=1S/C36H56N6O9/c1-23(2)17-27(30(43)20-31(44)38-16-10-8-9-11-32(45)50-7)40-34(47)29(19-25-21-37-22-39-25)41-33(46)28(42-35(48)51-36(3,4)5)18-24-12-14-26(49-6)15-13-24/h12-15,21-23,27-30,43H,8-11,16-20H2,1-7H3,(H,37,39)(H,38,44)(H,40,47)(H,41,46)(H,42,48)/t27-,28+,29+,30-/m1/s1. The molecule has 0 bridgehead atoms. The minimum absolute atomic E-state index is 0.0280. The highest BCUT2D eigenvalue weighted by molar-refractivity contribution is 5.92. The largest absolute Gasteiger partial charge is 0.497 e. The molecule has 0 fully saturated rings. The van der Waals surface area contributed by atoms with Gasteiger partial charge in [0.05, 0.1) is 39.1 Å². The Morgan fingerprint density at radius 1 is 0.902 bits per heavy atom. The summed E-state index contributed by atoms with van der Waals surface area (Å²) in [6.45, 7) is 9.35. The predicted molar refractivity (Wildman–Crippen MR) is 190 cm³/mol. The summed E-state index contributed by atoms with van der Waals surface area (Å²) in [5, 5.41) is 22.2. The number of ether oxygens (including phenoxy) is 3. The summed E-state index contributed by atoms with van der Waals surface area (Å²) < 4.78 is 15.3. The van der Waals surface area contributed by atoms with E-state index in [1.807, 2.05) is 13.8 Å². The fourth-order valence-corrected chi connectivity index (χ4v) is 5.16. The first kappa shape index (κ1) is 42.5. The number of alkyl carbamates (subject to hydrolysis) is 1. The second kappa shape index (κ2) is 21.5. The van der Waals surface area contributed by atoms with Crippen LogP contribution in [0.5, 0.6) is 5.75 Å². The third-order valence-corrected chi connectivity index (χ3v) is 7.74. The number of imidazole rings is 1. The first-order chi connectivity index (χ1) is 24.1. The summed E-state index contributed by atoms with van der Waals surface area (Å²) in [6, 6.07) is 3.94. The van der Waals surface area contributed by atoms with Crippen LogP contribution >= 0.6 is 0 Å². The fourth-order valence-electron chi connectivity index (χ4n) is 5.16. The lowest BCUT2D eigenvalue weighted by atomic mass is 9.96. The van der Waals surface area contributed by atoms with Gasteiger partial charge in [-0.05, 0) is 63.6 Å². The first-order valence-electron chi connectivity index (χ1n) is 17.3. The smallest absolute Gasteiger partial charge is 0.408 e. The van der Waals surface area contributed by atoms with Crippen molar-refractivity contribution < 1.29 is 43.3 Å². The van der Waals surface area contributed by atoms with Crippen LogP contribution in [-0.2, 0) is 41.5 Å². The van der Waals surface area contributed by atoms with Crippen molar-refractivity contribution in [3.8, 4) is 5.75 Å². The number of carbonyl (C=O) groups excluding carboxylic acids is 5. The van der Waals surface area contributed by atoms with Crippen LogP contribution in [0.3, 0.4) is 0 Å². The molecular weight excluding hydrogens is 660 g/mol. The number of aliphatic hydroxyl groups is 1. The van der Waals surface area contributed by atoms with Gasteiger partial charge >= 0.3 is 12.1 Å². The van der Waals surface area contributed by atoms with Crippen molar-refractivity contribution >= 4 is 29.8 Å². The van der Waals surface area contributed by atoms with Crippen molar-refractivity contribution in [2.24, 2.45) is 5.92 Å². The van der Waals surface area contributed by atoms with E-state index in [1.54, 1.807) is 52.1 Å². The van der Waals surface area contributed by atoms with Gasteiger partial charge in [0.15, 0.2) is 0 Å². The average Bonchev–Trinajstić information content (AvgIpc) is 3.57. The van der Waals surface area contributed by atoms with Crippen LogP contribution in [-0.4, -0.2) is 95.5 Å². The summed E-state index contributed by atoms with van der Waals surface area (Å²) >= 11 is 0. The van der Waals surface area contributed by atoms with Crippen molar-refractivity contribution in [3.05, 3.63) is 48.0 Å². The van der Waals surface area contributed by atoms with Crippen LogP contribution in [0.2, 0.25) is 0 Å². The molecule has 2 aromatic rings. The summed E-state index contributed by atoms with van der Waals surface area (Å²) in [5.41, 5.74) is 0.471. The number of methoxy groups -OCH3 is 2. The van der Waals surface area contributed by atoms with Crippen molar-refractivity contribution in [2.45, 2.75) is 116 Å². The van der Waals surface area contributed by atoms with E-state index in [4.69, 9.17) is 9.47 Å². The SMILES string of the molecule is COC(=O)CCCCCNC(=O)C[C@@H](O)[C@@H](CC(C)C)NC(=O)[C@H](Cc1cnc[nH]1)NC(=O)[C@H](Cc1ccc(OC)cc1)NC(=O)OC(C)(C)C. The lowest BCUT2D eigenvalue weighted by Crippen LogP contribution is -2.57. The molecule has 1 aromatic heterocycles. The van der Waals surface area contributed by atoms with Crippen molar-refractivity contribution in [1.82, 2.24) is 31.2 Å². The van der Waals surface area contributed by atoms with Crippen LogP contribution in [0.1, 0.15) is 84.4 Å². The number of aromatic amines is 1. The molecule has 2 rings (SSSR count). The highest BCUT2D eigenvalue weighted by Gasteiger charge is 2.32. The number of H-pyrrole nitrogens is 1. The molecule has 51 heavy (non-hydrogen) atoms. The van der Waals surface area contributed by atoms with Crippen LogP contribution in [0, 0.1) is 5.92 Å². The number of nitrogens with zero attached hydrogens (tertiary/aromatic N) is 1. The zero-order valence-electron chi connectivity index (χ0n) is 30.9. The number of amides is 4. The van der Waals surface area contributed by atoms with Gasteiger partial charge in [0.25, 0.3) is 0 Å². The number of hydrogen-bond donors (Lipinski definition) is 6. The fraction of sp³-hybridized carbons (Fsp3) is 0.611. The second-order valence-corrected chi connectivity index (χ2v) is 13.8. The normalized spacial score (nSPS) is 13.7. The maximum absolute atomic E-state index is 13.9. The van der Waals surface area contributed by atoms with Gasteiger partial charge in [-0.3, -0.25) is 19.2 Å². The van der Waals surface area contributed by atoms with Gasteiger partial charge in [-0.15, -0.1) is 0 Å². The molecule has 0 aliphatic carbocycles. The first-order valence-corrected chi connectivity index (χ1v) is 17.3. The van der Waals surface area contributed by atoms with Crippen molar-refractivity contribution in [1.29, 1.82) is 0 Å². The molecule has 0 saturated carbocycles. The third kappa shape index (κ3) is 17.2. The molecule has 0 saturated heterocycles. The molecule has 1 aromatic carbocycles. The van der Waals surface area contributed by atoms with E-state index >= 15 is 0 Å². The number of unbranched alkanes of at least 4 members (excludes halogenated alkanes) is 2. The molecule has 0 spiro atoms. The van der Waals surface area contributed by atoms with E-state index in [-0.39, 0.29) is 37.1 Å². The van der Waals surface area contributed by atoms with Crippen LogP contribution in [0.25, 0.3) is 0 Å². The van der Waals surface area contributed by atoms with Crippen molar-refractivity contribution in [2.75, 3.05) is 20.8 Å². The molecular formula is C36H56N6O9. The number of nitrogens with one attached hydrogen (secondary N) is 5. The van der Waals surface area contributed by atoms with Crippen LogP contribution < -0.4 is 26.0 Å². The van der Waals surface area contributed by atoms with Gasteiger partial charge < -0.3 is 45.6 Å². The van der Waals surface area contributed by atoms with Gasteiger partial charge in [0.2, 0.25) is 17.7 Å². The molecule has 0 aliphatic heterocycles. The van der Waals surface area contributed by atoms with Gasteiger partial charge in [0, 0.05) is 37.7 Å². The van der Waals surface area contributed by atoms with Gasteiger partial charge in [-0.2, -0.15) is 0 Å². The molecule has 0 radical (unpaired) electrons. The van der Waals surface area contributed by atoms with E-state index in [1.165, 1.54) is 19.6 Å². The zero-order valence-corrected chi connectivity index (χ0v) is 30.9. The summed E-state index contributed by atoms with van der Waals surface area (Å²) in [7, 11) is 2.88. The minimum atomic E-state index is -1.21. The molecule has 4 atom stereocenters. The minimum Gasteiger partial charge on any atom is -0.497 e. The second-order valence-electron chi connectivity index (χ2n) is 13.8. The Morgan fingerprint density at radius 2 is 1.57 bits per heavy atom. The highest BCUT2D eigenvalue weighted by Crippen LogP contribution is 2.15. The third-order valence-electron chi connectivity index (χ3n) is 7.74. The Bertz CT molecular complexity index is 1380. The summed E-state index contributed by atoms with van der Waals surface area (Å²) in [4.78, 5) is 71.4. The van der Waals surface area contributed by atoms with Crippen molar-refractivity contribution in [3.63, 3.8) is 0 Å². The molecule has 0 unspecified atom stereocenters. The Hall–Kier alpha value is -4.66. The predicted octanol–water partition coefficient (Wildman–Crippen LogP) is 2.71. The topological polar surface area (TPSA) is 210 Å². The summed E-state index contributed by atoms with van der Waals surface area (Å²) in [5.74, 6) is -1.21. The van der Waals surface area contributed by atoms with E-state index in [9.17, 15) is 29.1 Å². The van der Waals surface area contributed by atoms with E-state index in [0.717, 1.165) is 12.0 Å². The van der Waals surface area contributed by atoms with E-state index in [0.29, 0.717) is 43.7 Å². The van der Waals surface area contributed by atoms with E-state index < -0.39 is 47.7 Å². The monoisotopic (exact) mass is 716 g/mol. The van der Waals surface area contributed by atoms with Gasteiger partial charge in [-0.1, -0.05) is 32.4 Å². The zero-order chi connectivity index (χ0) is 38.0. The number of aromatic nitrogens is 2. The Labute approximate surface area is 300 Å². The molecule has 15 heteroatoms. The maximum Gasteiger partial charge on any atom is 0.408 e. The molecule has 0 aliphatic rings. The number of rotatable bonds is 21. The van der Waals surface area contributed by atoms with E-state index in [2.05, 4.69) is 36.0 Å². The quantitative estimate of drug-likeness (QED) is 0.0822. The molecule has 284 valence electrons. The lowest BCUT2D eigenvalue weighted by molar-refractivity contribution is -0.140. The molecule has 4 amide bonds. The average molecular weight is 717 g/mol. The molecule has 15 nitrogen and oxygen atoms in total. The molecule has 6 N–H and O–H groups in total. The lowest BCUT2D eigenvalue weighted by Gasteiger charge is -2.29. The number of aliphatic hydroxyl groups excluding tert-OH is 1. The number of benzene rings is 1. The van der Waals surface area contributed by atoms with Gasteiger partial charge in [0.1, 0.15) is 23.4 Å². The number of esters is 1. The Kier molecular flexibility index (Phi) is 17.9. The van der Waals surface area contributed by atoms with Crippen LogP contribution in [0.15, 0.2) is 36.8 Å². The highest BCUT2D eigenvalue weighted by atomic mass is 16.6. The molecule has 1 heterocycles. The Morgan fingerprint density at radius 3 is 2.16 bits per heavy atom. The Balaban J connectivity index is 2.18. The number of carbonyl (C=O) groups is 5. The maximum atomic E-state index is 13.9. The summed E-state index contributed by atoms with van der Waals surface area (Å²) in [6.07, 6.45) is 3.52. The number of hydrogen-bond acceptors (Lipinski definition) is 10. The van der Waals surface area contributed by atoms with Crippen LogP contribution in [0.4, 0.5) is 4.79 Å². The van der Waals surface area contributed by atoms with Gasteiger partial charge in [-0.25, -0.2) is 9.78 Å².